The first kappa shape index (κ1) is 21.8. The summed E-state index contributed by atoms with van der Waals surface area (Å²) in [6.07, 6.45) is 0.770. The molecular formula is C19H20Cl3NOS2. The minimum Gasteiger partial charge on any atom is -0.354 e. The Morgan fingerprint density at radius 3 is 2.42 bits per heavy atom. The lowest BCUT2D eigenvalue weighted by Gasteiger charge is -2.14. The van der Waals surface area contributed by atoms with E-state index in [1.54, 1.807) is 29.6 Å². The predicted molar refractivity (Wildman–Crippen MR) is 117 cm³/mol. The number of benzene rings is 2. The number of carbonyl (C=O) groups is 1. The van der Waals surface area contributed by atoms with Crippen molar-refractivity contribution in [2.24, 2.45) is 0 Å². The number of hydrogen-bond donors (Lipinski definition) is 1. The Kier molecular flexibility index (Phi) is 9.51. The summed E-state index contributed by atoms with van der Waals surface area (Å²) in [5.41, 5.74) is 1.05. The highest BCUT2D eigenvalue weighted by Gasteiger charge is 2.17. The average Bonchev–Trinajstić information content (AvgIpc) is 2.62. The molecule has 0 fully saturated rings. The highest BCUT2D eigenvalue weighted by molar-refractivity contribution is 8.00. The van der Waals surface area contributed by atoms with Crippen molar-refractivity contribution in [1.82, 2.24) is 5.32 Å². The van der Waals surface area contributed by atoms with Gasteiger partial charge < -0.3 is 5.32 Å². The normalized spacial score (nSPS) is 12.0. The van der Waals surface area contributed by atoms with Crippen LogP contribution in [0.5, 0.6) is 0 Å². The minimum absolute atomic E-state index is 0.0672. The van der Waals surface area contributed by atoms with Gasteiger partial charge in [-0.25, -0.2) is 0 Å². The van der Waals surface area contributed by atoms with Gasteiger partial charge in [0.05, 0.1) is 5.25 Å². The summed E-state index contributed by atoms with van der Waals surface area (Å²) in [6.45, 7) is 2.65. The molecule has 0 aliphatic rings. The van der Waals surface area contributed by atoms with E-state index in [2.05, 4.69) is 5.32 Å². The fourth-order valence-electron chi connectivity index (χ4n) is 2.18. The standard InChI is InChI=1S/C19H20Cl3NOS2/c1-2-18(26-16-7-5-14(20)6-8-16)19(24)23-9-10-25-12-13-3-4-15(21)11-17(13)22/h3-8,11,18H,2,9-10,12H2,1H3,(H,23,24)/t18-/m0/s1. The third-order valence-electron chi connectivity index (χ3n) is 3.57. The van der Waals surface area contributed by atoms with E-state index < -0.39 is 0 Å². The zero-order chi connectivity index (χ0) is 18.9. The van der Waals surface area contributed by atoms with Gasteiger partial charge in [0.25, 0.3) is 0 Å². The molecule has 0 unspecified atom stereocenters. The highest BCUT2D eigenvalue weighted by atomic mass is 35.5. The molecule has 0 saturated carbocycles. The van der Waals surface area contributed by atoms with Crippen LogP contribution in [-0.4, -0.2) is 23.5 Å². The smallest absolute Gasteiger partial charge is 0.233 e. The van der Waals surface area contributed by atoms with Crippen LogP contribution in [0.25, 0.3) is 0 Å². The van der Waals surface area contributed by atoms with Crippen molar-refractivity contribution in [1.29, 1.82) is 0 Å². The lowest BCUT2D eigenvalue weighted by molar-refractivity contribution is -0.120. The van der Waals surface area contributed by atoms with E-state index >= 15 is 0 Å². The van der Waals surface area contributed by atoms with Crippen LogP contribution in [0.15, 0.2) is 47.4 Å². The van der Waals surface area contributed by atoms with Gasteiger partial charge in [-0.05, 0) is 48.4 Å². The summed E-state index contributed by atoms with van der Waals surface area (Å²) < 4.78 is 0. The summed E-state index contributed by atoms with van der Waals surface area (Å²) >= 11 is 21.2. The summed E-state index contributed by atoms with van der Waals surface area (Å²) in [7, 11) is 0. The molecule has 1 atom stereocenters. The third kappa shape index (κ3) is 7.24. The number of carbonyl (C=O) groups excluding carboxylic acids is 1. The Hall–Kier alpha value is -0.520. The number of nitrogens with one attached hydrogen (secondary N) is 1. The van der Waals surface area contributed by atoms with Crippen LogP contribution in [0.1, 0.15) is 18.9 Å². The molecule has 2 aromatic carbocycles. The number of amides is 1. The Morgan fingerprint density at radius 2 is 1.77 bits per heavy atom. The maximum atomic E-state index is 12.4. The predicted octanol–water partition coefficient (Wildman–Crippen LogP) is 6.57. The second-order valence-corrected chi connectivity index (χ2v) is 9.21. The Bertz CT molecular complexity index is 725. The van der Waals surface area contributed by atoms with E-state index in [-0.39, 0.29) is 11.2 Å². The molecule has 0 aliphatic carbocycles. The van der Waals surface area contributed by atoms with Crippen LogP contribution in [0.4, 0.5) is 0 Å². The van der Waals surface area contributed by atoms with Crippen LogP contribution in [-0.2, 0) is 10.5 Å². The molecule has 1 N–H and O–H groups in total. The molecule has 0 radical (unpaired) electrons. The molecule has 0 saturated heterocycles. The molecular weight excluding hydrogens is 429 g/mol. The van der Waals surface area contributed by atoms with Crippen LogP contribution in [0.2, 0.25) is 15.1 Å². The van der Waals surface area contributed by atoms with Gasteiger partial charge in [-0.3, -0.25) is 4.79 Å². The Balaban J connectivity index is 1.71. The van der Waals surface area contributed by atoms with Crippen molar-refractivity contribution in [2.45, 2.75) is 29.2 Å². The van der Waals surface area contributed by atoms with E-state index in [1.165, 1.54) is 0 Å². The van der Waals surface area contributed by atoms with Crippen molar-refractivity contribution < 1.29 is 4.79 Å². The first-order chi connectivity index (χ1) is 12.5. The van der Waals surface area contributed by atoms with Crippen LogP contribution >= 0.6 is 58.3 Å². The lowest BCUT2D eigenvalue weighted by Crippen LogP contribution is -2.33. The molecule has 0 spiro atoms. The van der Waals surface area contributed by atoms with Crippen molar-refractivity contribution in [2.75, 3.05) is 12.3 Å². The summed E-state index contributed by atoms with van der Waals surface area (Å²) in [5.74, 6) is 1.69. The number of thioether (sulfide) groups is 2. The summed E-state index contributed by atoms with van der Waals surface area (Å²) in [4.78, 5) is 13.4. The topological polar surface area (TPSA) is 29.1 Å². The SMILES string of the molecule is CC[C@H](Sc1ccc(Cl)cc1)C(=O)NCCSCc1ccc(Cl)cc1Cl. The molecule has 140 valence electrons. The molecule has 2 rings (SSSR count). The second-order valence-electron chi connectivity index (χ2n) is 5.55. The highest BCUT2D eigenvalue weighted by Crippen LogP contribution is 2.27. The van der Waals surface area contributed by atoms with Crippen LogP contribution < -0.4 is 5.32 Å². The maximum Gasteiger partial charge on any atom is 0.233 e. The Labute approximate surface area is 178 Å². The number of rotatable bonds is 9. The average molecular weight is 449 g/mol. The van der Waals surface area contributed by atoms with Crippen molar-refractivity contribution >= 4 is 64.2 Å². The summed E-state index contributed by atoms with van der Waals surface area (Å²) in [5, 5.41) is 4.93. The molecule has 0 aliphatic heterocycles. The minimum atomic E-state index is -0.105. The van der Waals surface area contributed by atoms with E-state index in [0.29, 0.717) is 21.6 Å². The van der Waals surface area contributed by atoms with Crippen LogP contribution in [0, 0.1) is 0 Å². The first-order valence-corrected chi connectivity index (χ1v) is 11.4. The van der Waals surface area contributed by atoms with Gasteiger partial charge in [0.2, 0.25) is 5.91 Å². The zero-order valence-corrected chi connectivity index (χ0v) is 18.2. The molecule has 2 aromatic rings. The fraction of sp³-hybridized carbons (Fsp3) is 0.316. The molecule has 26 heavy (non-hydrogen) atoms. The Morgan fingerprint density at radius 1 is 1.08 bits per heavy atom. The second kappa shape index (κ2) is 11.4. The molecule has 0 bridgehead atoms. The summed E-state index contributed by atoms with van der Waals surface area (Å²) in [6, 6.07) is 13.1. The number of halogens is 3. The number of hydrogen-bond acceptors (Lipinski definition) is 3. The molecule has 0 aromatic heterocycles. The van der Waals surface area contributed by atoms with Gasteiger partial charge in [-0.1, -0.05) is 47.8 Å². The largest absolute Gasteiger partial charge is 0.354 e. The maximum absolute atomic E-state index is 12.4. The molecule has 7 heteroatoms. The van der Waals surface area contributed by atoms with E-state index in [0.717, 1.165) is 28.4 Å². The van der Waals surface area contributed by atoms with Gasteiger partial charge >= 0.3 is 0 Å². The van der Waals surface area contributed by atoms with Gasteiger partial charge in [0.1, 0.15) is 0 Å². The first-order valence-electron chi connectivity index (χ1n) is 8.21. The lowest BCUT2D eigenvalue weighted by atomic mass is 10.2. The van der Waals surface area contributed by atoms with Crippen molar-refractivity contribution in [3.8, 4) is 0 Å². The van der Waals surface area contributed by atoms with E-state index in [1.807, 2.05) is 43.3 Å². The van der Waals surface area contributed by atoms with Gasteiger partial charge in [-0.15, -0.1) is 11.8 Å². The fourth-order valence-corrected chi connectivity index (χ4v) is 4.70. The quantitative estimate of drug-likeness (QED) is 0.347. The molecule has 0 heterocycles. The van der Waals surface area contributed by atoms with Gasteiger partial charge in [0, 0.05) is 38.0 Å². The third-order valence-corrected chi connectivity index (χ3v) is 6.80. The van der Waals surface area contributed by atoms with Crippen molar-refractivity contribution in [3.63, 3.8) is 0 Å². The van der Waals surface area contributed by atoms with Crippen LogP contribution in [0.3, 0.4) is 0 Å². The monoisotopic (exact) mass is 447 g/mol. The van der Waals surface area contributed by atoms with Gasteiger partial charge in [0.15, 0.2) is 0 Å². The molecule has 2 nitrogen and oxygen atoms in total. The van der Waals surface area contributed by atoms with Crippen molar-refractivity contribution in [3.05, 3.63) is 63.1 Å². The van der Waals surface area contributed by atoms with E-state index in [9.17, 15) is 4.79 Å². The zero-order valence-electron chi connectivity index (χ0n) is 14.3. The van der Waals surface area contributed by atoms with E-state index in [4.69, 9.17) is 34.8 Å². The molecule has 1 amide bonds. The van der Waals surface area contributed by atoms with Gasteiger partial charge in [-0.2, -0.15) is 11.8 Å².